The Morgan fingerprint density at radius 2 is 0.670 bits per heavy atom. The van der Waals surface area contributed by atoms with Gasteiger partial charge in [-0.05, 0) is 90.1 Å². The van der Waals surface area contributed by atoms with Gasteiger partial charge < -0.3 is 87.1 Å². The van der Waals surface area contributed by atoms with E-state index >= 15 is 0 Å². The van der Waals surface area contributed by atoms with E-state index in [-0.39, 0.29) is 36.2 Å². The van der Waals surface area contributed by atoms with Crippen LogP contribution in [0, 0.1) is 0 Å². The van der Waals surface area contributed by atoms with Crippen molar-refractivity contribution in [1.82, 2.24) is 42.5 Å². The van der Waals surface area contributed by atoms with Gasteiger partial charge in [-0.2, -0.15) is 23.5 Å². The van der Waals surface area contributed by atoms with E-state index in [1.807, 2.05) is 0 Å². The van der Waals surface area contributed by atoms with Crippen LogP contribution in [0.25, 0.3) is 0 Å². The summed E-state index contributed by atoms with van der Waals surface area (Å²) in [7, 11) is 0. The first-order chi connectivity index (χ1) is 42.5. The summed E-state index contributed by atoms with van der Waals surface area (Å²) >= 11 is 2.74. The number of amides is 8. The highest BCUT2D eigenvalue weighted by Gasteiger charge is 2.29. The maximum Gasteiger partial charge on any atom is 0.244 e. The van der Waals surface area contributed by atoms with Crippen molar-refractivity contribution in [2.24, 2.45) is 34.4 Å². The number of aliphatic hydroxyl groups excluding tert-OH is 2. The van der Waals surface area contributed by atoms with Crippen LogP contribution in [-0.2, 0) is 38.4 Å². The van der Waals surface area contributed by atoms with E-state index in [4.69, 9.17) is 34.4 Å². The number of carbonyl (C=O) groups is 8. The quantitative estimate of drug-likeness (QED) is 0.0389. The molecule has 0 spiro atoms. The fraction of sp³-hybridized carbons (Fsp3) is 0.871. The fourth-order valence-electron chi connectivity index (χ4n) is 9.54. The Balaban J connectivity index is 5.83. The predicted octanol–water partition coefficient (Wildman–Crippen LogP) is 2.59. The van der Waals surface area contributed by atoms with Crippen LogP contribution in [0.2, 0.25) is 0 Å². The molecule has 0 aliphatic carbocycles. The smallest absolute Gasteiger partial charge is 0.244 e. The highest BCUT2D eigenvalue weighted by molar-refractivity contribution is 8.03. The number of nitrogens with two attached hydrogens (primary N) is 6. The molecular weight excluding hydrogens is 1160 g/mol. The minimum Gasteiger partial charge on any atom is -0.394 e. The first-order valence-electron chi connectivity index (χ1n) is 33.6. The van der Waals surface area contributed by atoms with E-state index in [9.17, 15) is 48.6 Å². The normalized spacial score (nSPS) is 14.1. The molecule has 0 saturated carbocycles. The van der Waals surface area contributed by atoms with Gasteiger partial charge in [0.25, 0.3) is 0 Å². The average molecular weight is 1290 g/mol. The van der Waals surface area contributed by atoms with Gasteiger partial charge in [0.1, 0.15) is 18.1 Å². The largest absolute Gasteiger partial charge is 0.394 e. The molecule has 8 atom stereocenters. The van der Waals surface area contributed by atoms with Gasteiger partial charge in [0, 0.05) is 61.7 Å². The number of unbranched alkanes of at least 4 members (excludes halogenated alkanes) is 21. The van der Waals surface area contributed by atoms with E-state index in [1.54, 1.807) is 0 Å². The second kappa shape index (κ2) is 58.2. The molecule has 0 aliphatic heterocycles. The second-order valence-electron chi connectivity index (χ2n) is 23.3. The lowest BCUT2D eigenvalue weighted by Crippen LogP contribution is -2.57. The van der Waals surface area contributed by atoms with Crippen LogP contribution in [-0.4, -0.2) is 181 Å². The monoisotopic (exact) mass is 1290 g/mol. The van der Waals surface area contributed by atoms with Gasteiger partial charge in [-0.1, -0.05) is 136 Å². The Bertz CT molecular complexity index is 1840. The molecule has 514 valence electrons. The number of rotatable bonds is 61. The molecule has 24 nitrogen and oxygen atoms in total. The molecular formula is C62H124N14O10S2. The molecule has 0 heterocycles. The highest BCUT2D eigenvalue weighted by Crippen LogP contribution is 2.15. The molecule has 0 radical (unpaired) electrons. The van der Waals surface area contributed by atoms with Gasteiger partial charge in [0.15, 0.2) is 0 Å². The van der Waals surface area contributed by atoms with Crippen LogP contribution in [0.4, 0.5) is 0 Å². The Hall–Kier alpha value is -3.86. The van der Waals surface area contributed by atoms with Crippen molar-refractivity contribution in [1.29, 1.82) is 0 Å². The van der Waals surface area contributed by atoms with Crippen LogP contribution >= 0.6 is 23.5 Å². The van der Waals surface area contributed by atoms with Crippen molar-refractivity contribution in [3.63, 3.8) is 0 Å². The molecule has 0 rings (SSSR count). The Kier molecular flexibility index (Phi) is 55.7. The lowest BCUT2D eigenvalue weighted by molar-refractivity contribution is -0.132. The van der Waals surface area contributed by atoms with E-state index < -0.39 is 97.0 Å². The molecule has 0 saturated heterocycles. The summed E-state index contributed by atoms with van der Waals surface area (Å²) in [6, 6.07) is -7.64. The third kappa shape index (κ3) is 46.2. The molecule has 0 bridgehead atoms. The first-order valence-corrected chi connectivity index (χ1v) is 35.9. The molecule has 0 aliphatic rings. The third-order valence-electron chi connectivity index (χ3n) is 15.2. The number of nitrogens with one attached hydrogen (secondary N) is 8. The van der Waals surface area contributed by atoms with Crippen molar-refractivity contribution in [3.8, 4) is 0 Å². The van der Waals surface area contributed by atoms with E-state index in [1.165, 1.54) is 107 Å². The number of thioether (sulfide) groups is 2. The molecule has 22 N–H and O–H groups in total. The predicted molar refractivity (Wildman–Crippen MR) is 358 cm³/mol. The Labute approximate surface area is 537 Å². The summed E-state index contributed by atoms with van der Waals surface area (Å²) < 4.78 is 0. The molecule has 26 heteroatoms. The zero-order chi connectivity index (χ0) is 65.4. The minimum atomic E-state index is -1.27. The molecule has 8 amide bonds. The van der Waals surface area contributed by atoms with Crippen molar-refractivity contribution >= 4 is 70.8 Å². The molecule has 0 aromatic heterocycles. The van der Waals surface area contributed by atoms with E-state index in [0.29, 0.717) is 109 Å². The summed E-state index contributed by atoms with van der Waals surface area (Å²) in [5.74, 6) is -2.77. The average Bonchev–Trinajstić information content (AvgIpc) is 3.57. The number of hydrogen-bond acceptors (Lipinski definition) is 18. The summed E-state index contributed by atoms with van der Waals surface area (Å²) in [5, 5.41) is 42.4. The third-order valence-corrected chi connectivity index (χ3v) is 17.7. The van der Waals surface area contributed by atoms with Gasteiger partial charge in [0.2, 0.25) is 47.3 Å². The van der Waals surface area contributed by atoms with Crippen LogP contribution in [0.3, 0.4) is 0 Å². The number of carbonyl (C=O) groups excluding carboxylic acids is 8. The molecule has 0 aromatic carbocycles. The Morgan fingerprint density at radius 1 is 0.352 bits per heavy atom. The molecule has 0 fully saturated rings. The lowest BCUT2D eigenvalue weighted by atomic mass is 10.1. The van der Waals surface area contributed by atoms with E-state index in [0.717, 1.165) is 51.4 Å². The van der Waals surface area contributed by atoms with Crippen LogP contribution < -0.4 is 76.9 Å². The van der Waals surface area contributed by atoms with Crippen molar-refractivity contribution in [2.75, 3.05) is 75.5 Å². The summed E-state index contributed by atoms with van der Waals surface area (Å²) in [5.41, 5.74) is 35.6. The van der Waals surface area contributed by atoms with Crippen molar-refractivity contribution < 1.29 is 48.6 Å². The lowest BCUT2D eigenvalue weighted by Gasteiger charge is -2.23. The number of hydrogen-bond donors (Lipinski definition) is 16. The molecule has 0 aromatic rings. The SMILES string of the molecule is CCCCCCCCCCCCCNC(=O)C(CO)NC(=O)CC(CSCCSCC(NC(=O)C(N)CCCCNC(=O)C(N)CCCN)C(=O)NC(CO)C(=O)NCCCCCCCCCCCC)NC(=O)C(N)CCCCNC(=O)C(N)CCCN. The van der Waals surface area contributed by atoms with Gasteiger partial charge in [-0.25, -0.2) is 0 Å². The van der Waals surface area contributed by atoms with Crippen molar-refractivity contribution in [2.45, 2.75) is 268 Å². The maximum atomic E-state index is 13.9. The van der Waals surface area contributed by atoms with Crippen LogP contribution in [0.15, 0.2) is 0 Å². The zero-order valence-electron chi connectivity index (χ0n) is 54.2. The van der Waals surface area contributed by atoms with Gasteiger partial charge in [-0.3, -0.25) is 38.4 Å². The molecule has 88 heavy (non-hydrogen) atoms. The second-order valence-corrected chi connectivity index (χ2v) is 25.6. The minimum absolute atomic E-state index is 0.0612. The Morgan fingerprint density at radius 3 is 1.07 bits per heavy atom. The first kappa shape index (κ1) is 84.1. The van der Waals surface area contributed by atoms with Gasteiger partial charge in [-0.15, -0.1) is 0 Å². The van der Waals surface area contributed by atoms with Gasteiger partial charge >= 0.3 is 0 Å². The fourth-order valence-corrected chi connectivity index (χ4v) is 11.8. The zero-order valence-corrected chi connectivity index (χ0v) is 55.8. The summed E-state index contributed by atoms with van der Waals surface area (Å²) in [6.07, 6.45) is 28.6. The van der Waals surface area contributed by atoms with Crippen LogP contribution in [0.1, 0.15) is 219 Å². The maximum absolute atomic E-state index is 13.9. The standard InChI is InChI=1S/C62H124N14O10S2/c1-3-5-7-9-11-13-15-17-19-20-24-36-71-60(84)52(43-77)74-55(79)42-47(73-58(82)50(67)30-22-26-38-69-56(80)48(65)32-28-34-63)45-87-40-41-88-46-54(76-59(83)51(68)31-23-27-39-70-57(81)49(66)33-29-35-64)62(86)75-53(44-78)61(85)72-37-25-21-18-16-14-12-10-8-6-4-2/h47-54,77-78H,3-46,63-68H2,1-2H3,(H,69,80)(H,70,81)(H,71,84)(H,72,85)(H,73,82)(H,74,79)(H,75,86)(H,76,83). The van der Waals surface area contributed by atoms with E-state index in [2.05, 4.69) is 56.4 Å². The molecule has 8 unspecified atom stereocenters. The van der Waals surface area contributed by atoms with Crippen molar-refractivity contribution in [3.05, 3.63) is 0 Å². The topological polar surface area (TPSA) is 429 Å². The highest BCUT2D eigenvalue weighted by atomic mass is 32.2. The van der Waals surface area contributed by atoms with Gasteiger partial charge in [0.05, 0.1) is 37.4 Å². The van der Waals surface area contributed by atoms with Crippen LogP contribution in [0.5, 0.6) is 0 Å². The summed E-state index contributed by atoms with van der Waals surface area (Å²) in [6.45, 7) is 5.45. The summed E-state index contributed by atoms with van der Waals surface area (Å²) in [4.78, 5) is 105. The number of aliphatic hydroxyl groups is 2.